The normalized spacial score (nSPS) is 14.7. The summed E-state index contributed by atoms with van der Waals surface area (Å²) >= 11 is 4.80. The Morgan fingerprint density at radius 2 is 1.96 bits per heavy atom. The van der Waals surface area contributed by atoms with Crippen molar-refractivity contribution in [3.63, 3.8) is 0 Å². The molecule has 1 aliphatic heterocycles. The third-order valence-corrected chi connectivity index (χ3v) is 4.93. The average Bonchev–Trinajstić information content (AvgIpc) is 2.61. The van der Waals surface area contributed by atoms with Crippen LogP contribution < -0.4 is 4.90 Å². The zero-order valence-corrected chi connectivity index (χ0v) is 14.8. The van der Waals surface area contributed by atoms with Gasteiger partial charge >= 0.3 is 0 Å². The van der Waals surface area contributed by atoms with Crippen molar-refractivity contribution in [3.8, 4) is 0 Å². The first kappa shape index (κ1) is 16.4. The number of ketones is 1. The lowest BCUT2D eigenvalue weighted by molar-refractivity contribution is 0.102. The van der Waals surface area contributed by atoms with Crippen molar-refractivity contribution in [2.75, 3.05) is 37.0 Å². The van der Waals surface area contributed by atoms with E-state index in [4.69, 9.17) is 4.74 Å². The van der Waals surface area contributed by atoms with Gasteiger partial charge in [-0.15, -0.1) is 0 Å². The van der Waals surface area contributed by atoms with E-state index >= 15 is 0 Å². The van der Waals surface area contributed by atoms with E-state index in [-0.39, 0.29) is 5.78 Å². The number of rotatable bonds is 5. The lowest BCUT2D eigenvalue weighted by atomic mass is 10.2. The van der Waals surface area contributed by atoms with Crippen molar-refractivity contribution < 1.29 is 9.53 Å². The van der Waals surface area contributed by atoms with Gasteiger partial charge in [-0.3, -0.25) is 4.79 Å². The van der Waals surface area contributed by atoms with Crippen LogP contribution in [0.3, 0.4) is 0 Å². The van der Waals surface area contributed by atoms with Gasteiger partial charge < -0.3 is 9.64 Å². The summed E-state index contributed by atoms with van der Waals surface area (Å²) in [5.41, 5.74) is 0.711. The van der Waals surface area contributed by atoms with Crippen LogP contribution in [0.4, 0.5) is 5.82 Å². The van der Waals surface area contributed by atoms with Gasteiger partial charge in [-0.05, 0) is 12.1 Å². The molecular formula is C16H16BrN3O2S. The second kappa shape index (κ2) is 7.90. The highest BCUT2D eigenvalue weighted by Gasteiger charge is 2.14. The number of nitrogens with zero attached hydrogens (tertiary/aromatic N) is 3. The lowest BCUT2D eigenvalue weighted by Gasteiger charge is -2.27. The lowest BCUT2D eigenvalue weighted by Crippen LogP contribution is -2.36. The fourth-order valence-electron chi connectivity index (χ4n) is 2.23. The molecule has 2 heterocycles. The fourth-order valence-corrected chi connectivity index (χ4v) is 3.25. The summed E-state index contributed by atoms with van der Waals surface area (Å²) < 4.78 is 6.31. The Labute approximate surface area is 147 Å². The van der Waals surface area contributed by atoms with E-state index in [0.717, 1.165) is 28.4 Å². The highest BCUT2D eigenvalue weighted by Crippen LogP contribution is 2.21. The van der Waals surface area contributed by atoms with Crippen LogP contribution in [0.2, 0.25) is 0 Å². The van der Waals surface area contributed by atoms with E-state index in [9.17, 15) is 4.79 Å². The SMILES string of the molecule is O=C(CSc1cc(N2CCOCC2)ncn1)c1ccc(Br)cc1. The Balaban J connectivity index is 1.61. The van der Waals surface area contributed by atoms with Crippen molar-refractivity contribution >= 4 is 39.3 Å². The molecule has 2 aromatic rings. The third kappa shape index (κ3) is 4.53. The third-order valence-electron chi connectivity index (χ3n) is 3.48. The van der Waals surface area contributed by atoms with Gasteiger partial charge in [-0.2, -0.15) is 0 Å². The van der Waals surface area contributed by atoms with Crippen LogP contribution in [-0.2, 0) is 4.74 Å². The first-order valence-corrected chi connectivity index (χ1v) is 9.06. The zero-order chi connectivity index (χ0) is 16.1. The summed E-state index contributed by atoms with van der Waals surface area (Å²) in [5, 5.41) is 0.812. The van der Waals surface area contributed by atoms with Crippen LogP contribution in [0.15, 0.2) is 46.2 Å². The summed E-state index contributed by atoms with van der Waals surface area (Å²) in [5.74, 6) is 1.34. The molecule has 1 fully saturated rings. The molecule has 0 unspecified atom stereocenters. The minimum atomic E-state index is 0.0917. The minimum Gasteiger partial charge on any atom is -0.378 e. The van der Waals surface area contributed by atoms with E-state index in [2.05, 4.69) is 30.8 Å². The molecule has 0 bridgehead atoms. The first-order valence-electron chi connectivity index (χ1n) is 7.29. The summed E-state index contributed by atoms with van der Waals surface area (Å²) in [7, 11) is 0. The Morgan fingerprint density at radius 1 is 1.22 bits per heavy atom. The minimum absolute atomic E-state index is 0.0917. The van der Waals surface area contributed by atoms with E-state index in [0.29, 0.717) is 24.5 Å². The van der Waals surface area contributed by atoms with E-state index in [1.54, 1.807) is 6.33 Å². The molecule has 7 heteroatoms. The smallest absolute Gasteiger partial charge is 0.173 e. The number of thioether (sulfide) groups is 1. The molecule has 1 aromatic carbocycles. The number of aromatic nitrogens is 2. The number of anilines is 1. The number of benzene rings is 1. The number of halogens is 1. The molecule has 1 saturated heterocycles. The predicted molar refractivity (Wildman–Crippen MR) is 94.3 cm³/mol. The maximum absolute atomic E-state index is 12.2. The van der Waals surface area contributed by atoms with Crippen molar-refractivity contribution in [3.05, 3.63) is 46.7 Å². The Hall–Kier alpha value is -1.44. The van der Waals surface area contributed by atoms with Gasteiger partial charge in [0, 0.05) is 29.2 Å². The Bertz CT molecular complexity index is 675. The molecule has 0 N–H and O–H groups in total. The quantitative estimate of drug-likeness (QED) is 0.442. The van der Waals surface area contributed by atoms with Gasteiger partial charge in [0.15, 0.2) is 5.78 Å². The monoisotopic (exact) mass is 393 g/mol. The van der Waals surface area contributed by atoms with Gasteiger partial charge in [0.1, 0.15) is 17.2 Å². The predicted octanol–water partition coefficient (Wildman–Crippen LogP) is 3.05. The van der Waals surface area contributed by atoms with E-state index in [1.165, 1.54) is 11.8 Å². The number of hydrogen-bond acceptors (Lipinski definition) is 6. The highest BCUT2D eigenvalue weighted by molar-refractivity contribution is 9.10. The standard InChI is InChI=1S/C16H16BrN3O2S/c17-13-3-1-12(2-4-13)14(21)10-23-16-9-15(18-11-19-16)20-5-7-22-8-6-20/h1-4,9,11H,5-8,10H2. The molecule has 0 spiro atoms. The number of carbonyl (C=O) groups is 1. The summed E-state index contributed by atoms with van der Waals surface area (Å²) in [6, 6.07) is 9.33. The number of hydrogen-bond donors (Lipinski definition) is 0. The maximum Gasteiger partial charge on any atom is 0.173 e. The number of carbonyl (C=O) groups excluding carboxylic acids is 1. The van der Waals surface area contributed by atoms with Crippen LogP contribution in [-0.4, -0.2) is 47.8 Å². The molecule has 0 radical (unpaired) electrons. The first-order chi connectivity index (χ1) is 11.2. The fraction of sp³-hybridized carbons (Fsp3) is 0.312. The molecule has 120 valence electrons. The van der Waals surface area contributed by atoms with E-state index < -0.39 is 0 Å². The van der Waals surface area contributed by atoms with Crippen molar-refractivity contribution in [1.82, 2.24) is 9.97 Å². The molecule has 0 amide bonds. The van der Waals surface area contributed by atoms with Crippen LogP contribution in [0, 0.1) is 0 Å². The Morgan fingerprint density at radius 3 is 2.70 bits per heavy atom. The van der Waals surface area contributed by atoms with Gasteiger partial charge in [0.25, 0.3) is 0 Å². The molecule has 1 aliphatic rings. The molecule has 0 atom stereocenters. The Kier molecular flexibility index (Phi) is 5.64. The molecule has 0 saturated carbocycles. The highest BCUT2D eigenvalue weighted by atomic mass is 79.9. The van der Waals surface area contributed by atoms with Gasteiger partial charge in [-0.25, -0.2) is 9.97 Å². The number of morpholine rings is 1. The molecular weight excluding hydrogens is 378 g/mol. The van der Waals surface area contributed by atoms with Gasteiger partial charge in [0.05, 0.1) is 19.0 Å². The average molecular weight is 394 g/mol. The van der Waals surface area contributed by atoms with Crippen LogP contribution >= 0.6 is 27.7 Å². The zero-order valence-electron chi connectivity index (χ0n) is 12.4. The molecule has 3 rings (SSSR count). The summed E-state index contributed by atoms with van der Waals surface area (Å²) in [4.78, 5) is 22.9. The molecule has 1 aromatic heterocycles. The summed E-state index contributed by atoms with van der Waals surface area (Å²) in [6.07, 6.45) is 1.55. The van der Waals surface area contributed by atoms with Crippen molar-refractivity contribution in [2.45, 2.75) is 5.03 Å². The second-order valence-corrected chi connectivity index (χ2v) is 6.94. The van der Waals surface area contributed by atoms with Gasteiger partial charge in [0.2, 0.25) is 0 Å². The molecule has 5 nitrogen and oxygen atoms in total. The van der Waals surface area contributed by atoms with Crippen LogP contribution in [0.1, 0.15) is 10.4 Å². The number of ether oxygens (including phenoxy) is 1. The maximum atomic E-state index is 12.2. The topological polar surface area (TPSA) is 55.3 Å². The molecule has 0 aliphatic carbocycles. The second-order valence-electron chi connectivity index (χ2n) is 5.03. The van der Waals surface area contributed by atoms with Crippen LogP contribution in [0.5, 0.6) is 0 Å². The molecule has 23 heavy (non-hydrogen) atoms. The number of Topliss-reactive ketones (excluding diaryl/α,β-unsaturated/α-hetero) is 1. The van der Waals surface area contributed by atoms with Crippen molar-refractivity contribution in [1.29, 1.82) is 0 Å². The van der Waals surface area contributed by atoms with Crippen LogP contribution in [0.25, 0.3) is 0 Å². The van der Waals surface area contributed by atoms with E-state index in [1.807, 2.05) is 30.3 Å². The largest absolute Gasteiger partial charge is 0.378 e. The van der Waals surface area contributed by atoms with Crippen molar-refractivity contribution in [2.24, 2.45) is 0 Å². The van der Waals surface area contributed by atoms with Gasteiger partial charge in [-0.1, -0.05) is 39.8 Å². The summed E-state index contributed by atoms with van der Waals surface area (Å²) in [6.45, 7) is 3.10.